The number of rotatable bonds is 5. The van der Waals surface area contributed by atoms with Crippen molar-refractivity contribution in [3.8, 4) is 0 Å². The molecule has 18 heavy (non-hydrogen) atoms. The average molecular weight is 272 g/mol. The molecule has 1 aromatic heterocycles. The third kappa shape index (κ3) is 3.41. The lowest BCUT2D eigenvalue weighted by Gasteiger charge is -2.23. The molecule has 2 heterocycles. The van der Waals surface area contributed by atoms with Crippen LogP contribution in [0, 0.1) is 0 Å². The van der Waals surface area contributed by atoms with Gasteiger partial charge < -0.3 is 19.5 Å². The zero-order valence-corrected chi connectivity index (χ0v) is 11.0. The molecule has 1 aliphatic rings. The molecule has 0 aliphatic carbocycles. The molecule has 0 radical (unpaired) electrons. The van der Waals surface area contributed by atoms with Crippen LogP contribution in [0.4, 0.5) is 5.00 Å². The zero-order chi connectivity index (χ0) is 12.8. The molecule has 0 amide bonds. The van der Waals surface area contributed by atoms with E-state index >= 15 is 0 Å². The third-order valence-electron chi connectivity index (χ3n) is 2.41. The molecular formula is C11H16N2O4S. The Hall–Kier alpha value is -1.18. The number of nitrogens with zero attached hydrogens (tertiary/aromatic N) is 1. The molecule has 1 saturated heterocycles. The van der Waals surface area contributed by atoms with Gasteiger partial charge >= 0.3 is 5.97 Å². The molecule has 1 atom stereocenters. The quantitative estimate of drug-likeness (QED) is 0.811. The minimum absolute atomic E-state index is 0.0101. The Kier molecular flexibility index (Phi) is 4.91. The maximum Gasteiger partial charge on any atom is 0.360 e. The number of carbonyl (C=O) groups excluding carboxylic acids is 1. The largest absolute Gasteiger partial charge is 0.461 e. The predicted molar refractivity (Wildman–Crippen MR) is 67.1 cm³/mol. The predicted octanol–water partition coefficient (Wildman–Crippen LogP) is 1.15. The monoisotopic (exact) mass is 272 g/mol. The smallest absolute Gasteiger partial charge is 0.360 e. The fraction of sp³-hybridized carbons (Fsp3) is 0.636. The maximum atomic E-state index is 11.6. The van der Waals surface area contributed by atoms with Crippen LogP contribution in [0.1, 0.15) is 17.4 Å². The molecule has 1 aromatic rings. The van der Waals surface area contributed by atoms with E-state index in [1.165, 1.54) is 11.3 Å². The van der Waals surface area contributed by atoms with Crippen LogP contribution in [0.5, 0.6) is 0 Å². The van der Waals surface area contributed by atoms with Crippen LogP contribution < -0.4 is 5.32 Å². The minimum atomic E-state index is -0.401. The molecule has 100 valence electrons. The highest BCUT2D eigenvalue weighted by Crippen LogP contribution is 2.21. The zero-order valence-electron chi connectivity index (χ0n) is 10.2. The third-order valence-corrected chi connectivity index (χ3v) is 3.20. The molecular weight excluding hydrogens is 256 g/mol. The molecule has 1 unspecified atom stereocenters. The standard InChI is InChI=1S/C11H16N2O4S/c1-2-16-11(14)9-10(18-7-13-9)12-5-8-6-15-3-4-17-8/h7-8,12H,2-6H2,1H3. The van der Waals surface area contributed by atoms with Crippen LogP contribution in [-0.2, 0) is 14.2 Å². The second kappa shape index (κ2) is 6.67. The number of nitrogens with one attached hydrogen (secondary N) is 1. The van der Waals surface area contributed by atoms with E-state index in [2.05, 4.69) is 10.3 Å². The summed E-state index contributed by atoms with van der Waals surface area (Å²) in [6.45, 7) is 4.53. The number of hydrogen-bond donors (Lipinski definition) is 1. The molecule has 0 aromatic carbocycles. The SMILES string of the molecule is CCOC(=O)c1ncsc1NCC1COCCO1. The van der Waals surface area contributed by atoms with Gasteiger partial charge in [0.25, 0.3) is 0 Å². The normalized spacial score (nSPS) is 19.5. The van der Waals surface area contributed by atoms with Gasteiger partial charge in [-0.3, -0.25) is 0 Å². The van der Waals surface area contributed by atoms with Crippen LogP contribution in [0.2, 0.25) is 0 Å². The first kappa shape index (κ1) is 13.3. The molecule has 0 bridgehead atoms. The van der Waals surface area contributed by atoms with Crippen LogP contribution in [0.25, 0.3) is 0 Å². The number of anilines is 1. The average Bonchev–Trinajstić information content (AvgIpc) is 2.86. The fourth-order valence-corrected chi connectivity index (χ4v) is 2.26. The summed E-state index contributed by atoms with van der Waals surface area (Å²) in [7, 11) is 0. The second-order valence-corrected chi connectivity index (χ2v) is 4.55. The summed E-state index contributed by atoms with van der Waals surface area (Å²) in [5.74, 6) is -0.401. The van der Waals surface area contributed by atoms with Crippen molar-refractivity contribution in [2.24, 2.45) is 0 Å². The molecule has 2 rings (SSSR count). The van der Waals surface area contributed by atoms with E-state index in [1.54, 1.807) is 12.4 Å². The van der Waals surface area contributed by atoms with Crippen molar-refractivity contribution in [1.29, 1.82) is 0 Å². The van der Waals surface area contributed by atoms with Crippen LogP contribution in [0.15, 0.2) is 5.51 Å². The Bertz CT molecular complexity index is 390. The van der Waals surface area contributed by atoms with E-state index in [-0.39, 0.29) is 6.10 Å². The molecule has 1 fully saturated rings. The number of esters is 1. The molecule has 6 nitrogen and oxygen atoms in total. The fourth-order valence-electron chi connectivity index (χ4n) is 1.58. The number of thiazole rings is 1. The van der Waals surface area contributed by atoms with Gasteiger partial charge in [-0.2, -0.15) is 0 Å². The lowest BCUT2D eigenvalue weighted by molar-refractivity contribution is -0.0818. The maximum absolute atomic E-state index is 11.6. The van der Waals surface area contributed by atoms with Crippen LogP contribution in [-0.4, -0.2) is 50.0 Å². The van der Waals surface area contributed by atoms with Crippen LogP contribution in [0.3, 0.4) is 0 Å². The Morgan fingerprint density at radius 1 is 1.67 bits per heavy atom. The van der Waals surface area contributed by atoms with E-state index in [0.29, 0.717) is 43.7 Å². The highest BCUT2D eigenvalue weighted by atomic mass is 32.1. The van der Waals surface area contributed by atoms with Crippen molar-refractivity contribution in [3.63, 3.8) is 0 Å². The first-order valence-corrected chi connectivity index (χ1v) is 6.73. The number of carbonyl (C=O) groups is 1. The second-order valence-electron chi connectivity index (χ2n) is 3.70. The van der Waals surface area contributed by atoms with Gasteiger partial charge in [0, 0.05) is 6.54 Å². The van der Waals surface area contributed by atoms with Gasteiger partial charge in [0.2, 0.25) is 0 Å². The summed E-state index contributed by atoms with van der Waals surface area (Å²) < 4.78 is 15.7. The van der Waals surface area contributed by atoms with Crippen molar-refractivity contribution in [1.82, 2.24) is 4.98 Å². The Balaban J connectivity index is 1.88. The van der Waals surface area contributed by atoms with Crippen molar-refractivity contribution in [3.05, 3.63) is 11.2 Å². The summed E-state index contributed by atoms with van der Waals surface area (Å²) in [6.07, 6.45) is 0.0101. The Morgan fingerprint density at radius 3 is 3.28 bits per heavy atom. The summed E-state index contributed by atoms with van der Waals surface area (Å²) in [5, 5.41) is 3.86. The van der Waals surface area contributed by atoms with E-state index in [4.69, 9.17) is 14.2 Å². The van der Waals surface area contributed by atoms with E-state index in [9.17, 15) is 4.79 Å². The first-order valence-electron chi connectivity index (χ1n) is 5.85. The van der Waals surface area contributed by atoms with Gasteiger partial charge in [0.1, 0.15) is 5.00 Å². The number of ether oxygens (including phenoxy) is 3. The van der Waals surface area contributed by atoms with Gasteiger partial charge in [0.05, 0.1) is 38.0 Å². The highest BCUT2D eigenvalue weighted by molar-refractivity contribution is 7.14. The molecule has 0 saturated carbocycles. The molecule has 0 spiro atoms. The minimum Gasteiger partial charge on any atom is -0.461 e. The van der Waals surface area contributed by atoms with Gasteiger partial charge in [-0.05, 0) is 6.92 Å². The van der Waals surface area contributed by atoms with Gasteiger partial charge in [-0.15, -0.1) is 11.3 Å². The van der Waals surface area contributed by atoms with Crippen LogP contribution >= 0.6 is 11.3 Å². The van der Waals surface area contributed by atoms with Crippen molar-refractivity contribution in [2.75, 3.05) is 38.3 Å². The molecule has 7 heteroatoms. The van der Waals surface area contributed by atoms with Gasteiger partial charge in [-0.25, -0.2) is 9.78 Å². The summed E-state index contributed by atoms with van der Waals surface area (Å²) in [5.41, 5.74) is 1.95. The highest BCUT2D eigenvalue weighted by Gasteiger charge is 2.18. The van der Waals surface area contributed by atoms with Crippen molar-refractivity contribution in [2.45, 2.75) is 13.0 Å². The van der Waals surface area contributed by atoms with Gasteiger partial charge in [-0.1, -0.05) is 0 Å². The van der Waals surface area contributed by atoms with Gasteiger partial charge in [0.15, 0.2) is 5.69 Å². The van der Waals surface area contributed by atoms with Crippen molar-refractivity contribution >= 4 is 22.3 Å². The topological polar surface area (TPSA) is 69.7 Å². The number of aromatic nitrogens is 1. The Morgan fingerprint density at radius 2 is 2.56 bits per heavy atom. The van der Waals surface area contributed by atoms with E-state index in [0.717, 1.165) is 0 Å². The Labute approximate surface area is 109 Å². The lowest BCUT2D eigenvalue weighted by atomic mass is 10.3. The summed E-state index contributed by atoms with van der Waals surface area (Å²) >= 11 is 1.37. The van der Waals surface area contributed by atoms with Crippen molar-refractivity contribution < 1.29 is 19.0 Å². The molecule has 1 N–H and O–H groups in total. The summed E-state index contributed by atoms with van der Waals surface area (Å²) in [4.78, 5) is 15.6. The first-order chi connectivity index (χ1) is 8.81. The summed E-state index contributed by atoms with van der Waals surface area (Å²) in [6, 6.07) is 0. The molecule has 1 aliphatic heterocycles. The van der Waals surface area contributed by atoms with E-state index in [1.807, 2.05) is 0 Å². The lowest BCUT2D eigenvalue weighted by Crippen LogP contribution is -2.34. The van der Waals surface area contributed by atoms with E-state index < -0.39 is 5.97 Å². The number of hydrogen-bond acceptors (Lipinski definition) is 7.